The van der Waals surface area contributed by atoms with Crippen LogP contribution in [-0.4, -0.2) is 12.1 Å². The van der Waals surface area contributed by atoms with Gasteiger partial charge in [0, 0.05) is 16.6 Å². The maximum atomic E-state index is 3.91. The van der Waals surface area contributed by atoms with Gasteiger partial charge >= 0.3 is 0 Å². The van der Waals surface area contributed by atoms with Crippen LogP contribution in [0.15, 0.2) is 28.7 Å². The van der Waals surface area contributed by atoms with E-state index < -0.39 is 0 Å². The molecule has 2 fully saturated rings. The average Bonchev–Trinajstić information content (AvgIpc) is 2.39. The maximum Gasteiger partial charge on any atom is 0.0210 e. The Morgan fingerprint density at radius 1 is 0.950 bits per heavy atom. The Hall–Kier alpha value is -0.340. The molecule has 1 aromatic carbocycles. The fourth-order valence-corrected chi connectivity index (χ4v) is 4.45. The molecule has 0 bridgehead atoms. The van der Waals surface area contributed by atoms with Crippen LogP contribution in [0.5, 0.6) is 0 Å². The predicted octanol–water partition coefficient (Wildman–Crippen LogP) is 5.11. The number of rotatable bonds is 3. The summed E-state index contributed by atoms with van der Waals surface area (Å²) in [7, 11) is 0. The van der Waals surface area contributed by atoms with Crippen molar-refractivity contribution in [3.8, 4) is 0 Å². The summed E-state index contributed by atoms with van der Waals surface area (Å²) in [5.74, 6) is 2.56. The second kappa shape index (κ2) is 6.19. The van der Waals surface area contributed by atoms with Gasteiger partial charge in [0.25, 0.3) is 0 Å². The SMILES string of the molecule is CC1CCC(NC2CC(c3ccccc3Br)C2)CC1C. The molecule has 0 saturated heterocycles. The van der Waals surface area contributed by atoms with E-state index in [4.69, 9.17) is 0 Å². The zero-order valence-corrected chi connectivity index (χ0v) is 14.2. The molecule has 2 saturated carbocycles. The van der Waals surface area contributed by atoms with Crippen molar-refractivity contribution >= 4 is 15.9 Å². The van der Waals surface area contributed by atoms with Crippen molar-refractivity contribution in [2.75, 3.05) is 0 Å². The van der Waals surface area contributed by atoms with Crippen molar-refractivity contribution in [2.24, 2.45) is 11.8 Å². The summed E-state index contributed by atoms with van der Waals surface area (Å²) < 4.78 is 1.28. The Bertz CT molecular complexity index is 452. The zero-order chi connectivity index (χ0) is 14.1. The molecule has 0 aliphatic heterocycles. The smallest absolute Gasteiger partial charge is 0.0210 e. The van der Waals surface area contributed by atoms with Crippen LogP contribution in [0.1, 0.15) is 57.4 Å². The maximum absolute atomic E-state index is 3.91. The van der Waals surface area contributed by atoms with E-state index in [2.05, 4.69) is 59.4 Å². The zero-order valence-electron chi connectivity index (χ0n) is 12.6. The highest BCUT2D eigenvalue weighted by Gasteiger charge is 2.34. The molecular formula is C18H26BrN. The van der Waals surface area contributed by atoms with Crippen molar-refractivity contribution in [3.05, 3.63) is 34.3 Å². The van der Waals surface area contributed by atoms with Crippen molar-refractivity contribution in [2.45, 2.75) is 64.0 Å². The van der Waals surface area contributed by atoms with Gasteiger partial charge in [-0.1, -0.05) is 48.0 Å². The molecule has 3 rings (SSSR count). The van der Waals surface area contributed by atoms with Crippen LogP contribution < -0.4 is 5.32 Å². The average molecular weight is 336 g/mol. The van der Waals surface area contributed by atoms with Crippen LogP contribution in [0.4, 0.5) is 0 Å². The Balaban J connectivity index is 1.48. The topological polar surface area (TPSA) is 12.0 Å². The number of halogens is 1. The van der Waals surface area contributed by atoms with Gasteiger partial charge in [-0.3, -0.25) is 0 Å². The second-order valence-electron chi connectivity index (χ2n) is 7.02. The van der Waals surface area contributed by atoms with Gasteiger partial charge in [-0.25, -0.2) is 0 Å². The van der Waals surface area contributed by atoms with Crippen molar-refractivity contribution in [1.82, 2.24) is 5.32 Å². The minimum atomic E-state index is 0.748. The first-order valence-corrected chi connectivity index (χ1v) is 8.93. The summed E-state index contributed by atoms with van der Waals surface area (Å²) in [6.07, 6.45) is 6.77. The second-order valence-corrected chi connectivity index (χ2v) is 7.87. The Morgan fingerprint density at radius 2 is 1.70 bits per heavy atom. The third-order valence-corrected chi connectivity index (χ3v) is 6.27. The molecule has 0 spiro atoms. The Labute approximate surface area is 131 Å². The molecule has 3 atom stereocenters. The number of hydrogen-bond acceptors (Lipinski definition) is 1. The largest absolute Gasteiger partial charge is 0.311 e. The number of benzene rings is 1. The van der Waals surface area contributed by atoms with Crippen molar-refractivity contribution in [1.29, 1.82) is 0 Å². The van der Waals surface area contributed by atoms with E-state index in [1.54, 1.807) is 0 Å². The predicted molar refractivity (Wildman–Crippen MR) is 89.0 cm³/mol. The summed E-state index contributed by atoms with van der Waals surface area (Å²) in [5.41, 5.74) is 1.50. The van der Waals surface area contributed by atoms with Crippen LogP contribution in [-0.2, 0) is 0 Å². The van der Waals surface area contributed by atoms with Crippen molar-refractivity contribution < 1.29 is 0 Å². The quantitative estimate of drug-likeness (QED) is 0.809. The van der Waals surface area contributed by atoms with E-state index in [1.165, 1.54) is 42.1 Å². The molecule has 1 aromatic rings. The lowest BCUT2D eigenvalue weighted by molar-refractivity contribution is 0.183. The minimum Gasteiger partial charge on any atom is -0.311 e. The lowest BCUT2D eigenvalue weighted by Gasteiger charge is -2.42. The first-order chi connectivity index (χ1) is 9.63. The van der Waals surface area contributed by atoms with Crippen LogP contribution in [0.2, 0.25) is 0 Å². The third kappa shape index (κ3) is 3.12. The van der Waals surface area contributed by atoms with Gasteiger partial charge in [0.2, 0.25) is 0 Å². The van der Waals surface area contributed by atoms with Gasteiger partial charge in [0.1, 0.15) is 0 Å². The molecule has 0 heterocycles. The van der Waals surface area contributed by atoms with Crippen LogP contribution in [0.3, 0.4) is 0 Å². The van der Waals surface area contributed by atoms with E-state index >= 15 is 0 Å². The molecular weight excluding hydrogens is 310 g/mol. The molecule has 3 unspecified atom stereocenters. The lowest BCUT2D eigenvalue weighted by atomic mass is 9.74. The van der Waals surface area contributed by atoms with Crippen LogP contribution in [0, 0.1) is 11.8 Å². The van der Waals surface area contributed by atoms with Gasteiger partial charge in [0.15, 0.2) is 0 Å². The summed E-state index contributed by atoms with van der Waals surface area (Å²) in [5, 5.41) is 3.91. The summed E-state index contributed by atoms with van der Waals surface area (Å²) in [6, 6.07) is 10.2. The first kappa shape index (κ1) is 14.6. The van der Waals surface area contributed by atoms with Gasteiger partial charge in [-0.15, -0.1) is 0 Å². The molecule has 0 radical (unpaired) electrons. The van der Waals surface area contributed by atoms with Gasteiger partial charge in [-0.05, 0) is 61.5 Å². The standard InChI is InChI=1S/C18H26BrN/c1-12-7-8-15(9-13(12)2)20-16-10-14(11-16)17-5-3-4-6-18(17)19/h3-6,12-16,20H,7-11H2,1-2H3. The molecule has 2 aliphatic rings. The fourth-order valence-electron chi connectivity index (χ4n) is 3.85. The van der Waals surface area contributed by atoms with Crippen molar-refractivity contribution in [3.63, 3.8) is 0 Å². The molecule has 1 N–H and O–H groups in total. The molecule has 20 heavy (non-hydrogen) atoms. The van der Waals surface area contributed by atoms with E-state index in [9.17, 15) is 0 Å². The van der Waals surface area contributed by atoms with Crippen LogP contribution in [0.25, 0.3) is 0 Å². The third-order valence-electron chi connectivity index (χ3n) is 5.55. The van der Waals surface area contributed by atoms with E-state index in [0.29, 0.717) is 0 Å². The van der Waals surface area contributed by atoms with E-state index in [1.807, 2.05) is 0 Å². The molecule has 110 valence electrons. The summed E-state index contributed by atoms with van der Waals surface area (Å²) >= 11 is 3.68. The Kier molecular flexibility index (Phi) is 4.52. The monoisotopic (exact) mass is 335 g/mol. The highest BCUT2D eigenvalue weighted by Crippen LogP contribution is 2.41. The molecule has 1 nitrogen and oxygen atoms in total. The molecule has 2 aliphatic carbocycles. The number of hydrogen-bond donors (Lipinski definition) is 1. The first-order valence-electron chi connectivity index (χ1n) is 8.14. The van der Waals surface area contributed by atoms with Gasteiger partial charge < -0.3 is 5.32 Å². The summed E-state index contributed by atoms with van der Waals surface area (Å²) in [6.45, 7) is 4.83. The summed E-state index contributed by atoms with van der Waals surface area (Å²) in [4.78, 5) is 0. The van der Waals surface area contributed by atoms with E-state index in [0.717, 1.165) is 29.8 Å². The van der Waals surface area contributed by atoms with E-state index in [-0.39, 0.29) is 0 Å². The molecule has 0 amide bonds. The van der Waals surface area contributed by atoms with Gasteiger partial charge in [-0.2, -0.15) is 0 Å². The number of nitrogens with one attached hydrogen (secondary N) is 1. The fraction of sp³-hybridized carbons (Fsp3) is 0.667. The van der Waals surface area contributed by atoms with Crippen LogP contribution >= 0.6 is 15.9 Å². The Morgan fingerprint density at radius 3 is 2.40 bits per heavy atom. The molecule has 2 heteroatoms. The highest BCUT2D eigenvalue weighted by atomic mass is 79.9. The highest BCUT2D eigenvalue weighted by molar-refractivity contribution is 9.10. The normalized spacial score (nSPS) is 37.5. The lowest BCUT2D eigenvalue weighted by Crippen LogP contribution is -2.47. The molecule has 0 aromatic heterocycles. The minimum absolute atomic E-state index is 0.748. The van der Waals surface area contributed by atoms with Gasteiger partial charge in [0.05, 0.1) is 0 Å².